The van der Waals surface area contributed by atoms with Gasteiger partial charge in [0.15, 0.2) is 0 Å². The van der Waals surface area contributed by atoms with E-state index >= 15 is 0 Å². The molecule has 9 nitrogen and oxygen atoms in total. The molecule has 1 unspecified atom stereocenters. The van der Waals surface area contributed by atoms with Crippen LogP contribution in [0.4, 0.5) is 11.6 Å². The monoisotopic (exact) mass is 481 g/mol. The second kappa shape index (κ2) is 10.8. The van der Waals surface area contributed by atoms with Gasteiger partial charge < -0.3 is 15.5 Å². The molecule has 1 fully saturated rings. The van der Waals surface area contributed by atoms with Crippen molar-refractivity contribution < 1.29 is 9.59 Å². The Morgan fingerprint density at radius 3 is 2.67 bits per heavy atom. The van der Waals surface area contributed by atoms with E-state index < -0.39 is 0 Å². The second-order valence-corrected chi connectivity index (χ2v) is 8.74. The van der Waals surface area contributed by atoms with Crippen LogP contribution in [0.25, 0.3) is 5.69 Å². The average Bonchev–Trinajstić information content (AvgIpc) is 3.38. The fraction of sp³-hybridized carbons (Fsp3) is 0.222. The van der Waals surface area contributed by atoms with Crippen molar-refractivity contribution in [1.82, 2.24) is 25.1 Å². The van der Waals surface area contributed by atoms with Crippen LogP contribution in [0, 0.1) is 0 Å². The normalized spacial score (nSPS) is 15.3. The van der Waals surface area contributed by atoms with Gasteiger partial charge in [-0.05, 0) is 42.7 Å². The van der Waals surface area contributed by atoms with Crippen LogP contribution in [0.1, 0.15) is 28.8 Å². The fourth-order valence-electron chi connectivity index (χ4n) is 4.30. The van der Waals surface area contributed by atoms with E-state index in [1.165, 1.54) is 0 Å². The first-order chi connectivity index (χ1) is 17.6. The molecule has 3 heterocycles. The number of nitrogens with zero attached hydrogens (tertiary/aromatic N) is 5. The highest BCUT2D eigenvalue weighted by molar-refractivity contribution is 5.95. The van der Waals surface area contributed by atoms with Gasteiger partial charge in [0.25, 0.3) is 5.91 Å². The number of carbonyl (C=O) groups excluding carboxylic acids is 2. The number of aromatic nitrogens is 4. The Labute approximate surface area is 209 Å². The van der Waals surface area contributed by atoms with Gasteiger partial charge in [-0.2, -0.15) is 5.10 Å². The molecule has 36 heavy (non-hydrogen) atoms. The van der Waals surface area contributed by atoms with Gasteiger partial charge in [0.05, 0.1) is 30.2 Å². The van der Waals surface area contributed by atoms with E-state index in [-0.39, 0.29) is 24.3 Å². The first-order valence-corrected chi connectivity index (χ1v) is 12.0. The Balaban J connectivity index is 1.21. The number of nitrogens with one attached hydrogen (secondary N) is 2. The number of hydrogen-bond donors (Lipinski definition) is 2. The van der Waals surface area contributed by atoms with Crippen molar-refractivity contribution in [3.63, 3.8) is 0 Å². The molecule has 2 aromatic carbocycles. The number of rotatable bonds is 7. The van der Waals surface area contributed by atoms with Crippen LogP contribution in [0.2, 0.25) is 0 Å². The molecule has 1 atom stereocenters. The minimum Gasteiger partial charge on any atom is -0.348 e. The number of amides is 2. The predicted molar refractivity (Wildman–Crippen MR) is 137 cm³/mol. The van der Waals surface area contributed by atoms with E-state index in [0.29, 0.717) is 23.7 Å². The van der Waals surface area contributed by atoms with E-state index in [1.807, 2.05) is 42.5 Å². The minimum absolute atomic E-state index is 0.00912. The maximum Gasteiger partial charge on any atom is 0.251 e. The van der Waals surface area contributed by atoms with Crippen LogP contribution in [0.15, 0.2) is 85.5 Å². The van der Waals surface area contributed by atoms with E-state index in [9.17, 15) is 9.59 Å². The first kappa shape index (κ1) is 23.2. The van der Waals surface area contributed by atoms with Crippen LogP contribution in [0.3, 0.4) is 0 Å². The molecular weight excluding hydrogens is 454 g/mol. The highest BCUT2D eigenvalue weighted by atomic mass is 16.2. The number of hydrogen-bond acceptors (Lipinski definition) is 6. The molecule has 2 aromatic heterocycles. The largest absolute Gasteiger partial charge is 0.348 e. The number of anilines is 2. The lowest BCUT2D eigenvalue weighted by atomic mass is 10.1. The van der Waals surface area contributed by atoms with Crippen LogP contribution in [-0.2, 0) is 11.2 Å². The standard InChI is InChI=1S/C27H27N7O2/c35-25(15-20-7-2-1-3-8-20)31-23-17-30-34(19-23)24-11-4-9-21(16-24)26(36)32-22-10-5-14-33(18-22)27-28-12-6-13-29-27/h1-4,6-9,11-13,16-17,19,22H,5,10,14-15,18H2,(H,31,35)(H,32,36). The predicted octanol–water partition coefficient (Wildman–Crippen LogP) is 3.24. The second-order valence-electron chi connectivity index (χ2n) is 8.74. The summed E-state index contributed by atoms with van der Waals surface area (Å²) in [6, 6.07) is 18.6. The van der Waals surface area contributed by atoms with Crippen molar-refractivity contribution in [1.29, 1.82) is 0 Å². The summed E-state index contributed by atoms with van der Waals surface area (Å²) in [5.41, 5.74) is 2.81. The zero-order valence-corrected chi connectivity index (χ0v) is 19.7. The molecule has 0 bridgehead atoms. The topological polar surface area (TPSA) is 105 Å². The summed E-state index contributed by atoms with van der Waals surface area (Å²) in [4.78, 5) is 36.1. The van der Waals surface area contributed by atoms with Gasteiger partial charge in [-0.25, -0.2) is 14.6 Å². The third kappa shape index (κ3) is 5.75. The third-order valence-electron chi connectivity index (χ3n) is 6.04. The number of carbonyl (C=O) groups is 2. The summed E-state index contributed by atoms with van der Waals surface area (Å²) in [6.45, 7) is 1.54. The average molecular weight is 482 g/mol. The van der Waals surface area contributed by atoms with Gasteiger partial charge in [-0.3, -0.25) is 9.59 Å². The molecule has 182 valence electrons. The summed E-state index contributed by atoms with van der Waals surface area (Å²) in [5, 5.41) is 10.4. The summed E-state index contributed by atoms with van der Waals surface area (Å²) in [6.07, 6.45) is 8.93. The number of benzene rings is 2. The zero-order valence-electron chi connectivity index (χ0n) is 19.7. The summed E-state index contributed by atoms with van der Waals surface area (Å²) < 4.78 is 1.64. The number of piperidine rings is 1. The van der Waals surface area contributed by atoms with Gasteiger partial charge in [-0.15, -0.1) is 0 Å². The molecule has 2 amide bonds. The molecule has 5 rings (SSSR count). The van der Waals surface area contributed by atoms with Crippen LogP contribution < -0.4 is 15.5 Å². The smallest absolute Gasteiger partial charge is 0.251 e. The van der Waals surface area contributed by atoms with Gasteiger partial charge in [0, 0.05) is 37.1 Å². The Hall–Kier alpha value is -4.53. The van der Waals surface area contributed by atoms with Crippen molar-refractivity contribution in [2.45, 2.75) is 25.3 Å². The Bertz CT molecular complexity index is 1320. The molecule has 0 radical (unpaired) electrons. The summed E-state index contributed by atoms with van der Waals surface area (Å²) >= 11 is 0. The van der Waals surface area contributed by atoms with E-state index in [4.69, 9.17) is 0 Å². The molecule has 1 aliphatic heterocycles. The Morgan fingerprint density at radius 1 is 1.00 bits per heavy atom. The lowest BCUT2D eigenvalue weighted by Crippen LogP contribution is -2.48. The SMILES string of the molecule is O=C(Cc1ccccc1)Nc1cnn(-c2cccc(C(=O)NC3CCCN(c4ncccn4)C3)c2)c1. The molecular formula is C27H27N7O2. The Morgan fingerprint density at radius 2 is 1.83 bits per heavy atom. The molecule has 0 aliphatic carbocycles. The maximum atomic E-state index is 13.0. The third-order valence-corrected chi connectivity index (χ3v) is 6.04. The highest BCUT2D eigenvalue weighted by Gasteiger charge is 2.23. The van der Waals surface area contributed by atoms with Crippen molar-refractivity contribution in [3.05, 3.63) is 96.6 Å². The molecule has 0 spiro atoms. The first-order valence-electron chi connectivity index (χ1n) is 12.0. The molecule has 0 saturated carbocycles. The molecule has 2 N–H and O–H groups in total. The van der Waals surface area contributed by atoms with Crippen LogP contribution in [-0.4, -0.2) is 50.7 Å². The Kier molecular flexibility index (Phi) is 6.98. The van der Waals surface area contributed by atoms with Crippen molar-refractivity contribution in [2.24, 2.45) is 0 Å². The molecule has 1 aliphatic rings. The highest BCUT2D eigenvalue weighted by Crippen LogP contribution is 2.17. The summed E-state index contributed by atoms with van der Waals surface area (Å²) in [5.74, 6) is 0.432. The molecule has 4 aromatic rings. The van der Waals surface area contributed by atoms with E-state index in [1.54, 1.807) is 47.7 Å². The van der Waals surface area contributed by atoms with Crippen LogP contribution >= 0.6 is 0 Å². The van der Waals surface area contributed by atoms with Crippen molar-refractivity contribution >= 4 is 23.5 Å². The maximum absolute atomic E-state index is 13.0. The zero-order chi connectivity index (χ0) is 24.7. The minimum atomic E-state index is -0.138. The van der Waals surface area contributed by atoms with E-state index in [2.05, 4.69) is 30.6 Å². The lowest BCUT2D eigenvalue weighted by molar-refractivity contribution is -0.115. The van der Waals surface area contributed by atoms with Gasteiger partial charge in [0.2, 0.25) is 11.9 Å². The van der Waals surface area contributed by atoms with Gasteiger partial charge in [0.1, 0.15) is 0 Å². The summed E-state index contributed by atoms with van der Waals surface area (Å²) in [7, 11) is 0. The molecule has 1 saturated heterocycles. The van der Waals surface area contributed by atoms with Gasteiger partial charge in [-0.1, -0.05) is 36.4 Å². The van der Waals surface area contributed by atoms with Gasteiger partial charge >= 0.3 is 0 Å². The van der Waals surface area contributed by atoms with Crippen molar-refractivity contribution in [3.8, 4) is 5.69 Å². The van der Waals surface area contributed by atoms with Crippen molar-refractivity contribution in [2.75, 3.05) is 23.3 Å². The quantitative estimate of drug-likeness (QED) is 0.420. The fourth-order valence-corrected chi connectivity index (χ4v) is 4.30. The van der Waals surface area contributed by atoms with Crippen LogP contribution in [0.5, 0.6) is 0 Å². The van der Waals surface area contributed by atoms with E-state index in [0.717, 1.165) is 30.6 Å². The lowest BCUT2D eigenvalue weighted by Gasteiger charge is -2.33. The molecule has 9 heteroatoms.